The monoisotopic (exact) mass is 341 g/mol. The van der Waals surface area contributed by atoms with Crippen LogP contribution in [0.4, 0.5) is 5.69 Å². The number of fused-ring (bicyclic) bond motifs is 1. The first-order valence-corrected chi connectivity index (χ1v) is 8.03. The lowest BCUT2D eigenvalue weighted by molar-refractivity contribution is -0.142. The molecule has 0 spiro atoms. The van der Waals surface area contributed by atoms with E-state index in [-0.39, 0.29) is 12.3 Å². The van der Waals surface area contributed by atoms with Gasteiger partial charge in [0.15, 0.2) is 6.10 Å². The Balaban J connectivity index is 1.73. The number of carboxylic acid groups (broad SMARTS) is 1. The fourth-order valence-electron chi connectivity index (χ4n) is 2.75. The lowest BCUT2D eigenvalue weighted by atomic mass is 10.1. The molecule has 6 heteroatoms. The van der Waals surface area contributed by atoms with E-state index in [1.807, 2.05) is 31.2 Å². The first kappa shape index (κ1) is 16.8. The number of amides is 1. The highest BCUT2D eigenvalue weighted by Gasteiger charge is 2.35. The molecule has 6 nitrogen and oxygen atoms in total. The second-order valence-electron chi connectivity index (χ2n) is 5.83. The molecule has 0 saturated heterocycles. The van der Waals surface area contributed by atoms with E-state index < -0.39 is 12.1 Å². The predicted octanol–water partition coefficient (Wildman–Crippen LogP) is 2.64. The minimum atomic E-state index is -1.08. The number of carbonyl (C=O) groups excluding carboxylic acids is 1. The number of carbonyl (C=O) groups is 2. The van der Waals surface area contributed by atoms with Crippen LogP contribution in [0, 0.1) is 6.92 Å². The summed E-state index contributed by atoms with van der Waals surface area (Å²) in [5, 5.41) is 8.99. The Labute approximate surface area is 145 Å². The summed E-state index contributed by atoms with van der Waals surface area (Å²) in [7, 11) is 0. The summed E-state index contributed by atoms with van der Waals surface area (Å²) < 4.78 is 11.3. The number of aryl methyl sites for hydroxylation is 1. The van der Waals surface area contributed by atoms with Gasteiger partial charge in [0, 0.05) is 0 Å². The van der Waals surface area contributed by atoms with Crippen molar-refractivity contribution < 1.29 is 24.2 Å². The molecule has 0 bridgehead atoms. The van der Waals surface area contributed by atoms with E-state index in [4.69, 9.17) is 14.6 Å². The Bertz CT molecular complexity index is 789. The van der Waals surface area contributed by atoms with E-state index in [0.717, 1.165) is 11.3 Å². The minimum Gasteiger partial charge on any atom is -0.492 e. The van der Waals surface area contributed by atoms with Gasteiger partial charge < -0.3 is 19.5 Å². The molecule has 1 N–H and O–H groups in total. The highest BCUT2D eigenvalue weighted by Crippen LogP contribution is 2.34. The third-order valence-corrected chi connectivity index (χ3v) is 3.90. The number of ether oxygens (including phenoxy) is 2. The van der Waals surface area contributed by atoms with Gasteiger partial charge in [-0.2, -0.15) is 0 Å². The number of benzene rings is 2. The molecule has 0 aromatic heterocycles. The van der Waals surface area contributed by atoms with Gasteiger partial charge in [-0.3, -0.25) is 9.59 Å². The Kier molecular flexibility index (Phi) is 4.88. The average molecular weight is 341 g/mol. The molecule has 0 fully saturated rings. The lowest BCUT2D eigenvalue weighted by Crippen LogP contribution is -2.48. The molecule has 1 heterocycles. The van der Waals surface area contributed by atoms with Crippen LogP contribution >= 0.6 is 0 Å². The number of carboxylic acids is 1. The van der Waals surface area contributed by atoms with Crippen LogP contribution in [0.15, 0.2) is 48.5 Å². The fourth-order valence-corrected chi connectivity index (χ4v) is 2.75. The van der Waals surface area contributed by atoms with Crippen LogP contribution in [0.5, 0.6) is 11.5 Å². The van der Waals surface area contributed by atoms with Gasteiger partial charge in [-0.05, 0) is 36.8 Å². The highest BCUT2D eigenvalue weighted by atomic mass is 16.5. The third kappa shape index (κ3) is 3.91. The van der Waals surface area contributed by atoms with Crippen LogP contribution in [0.3, 0.4) is 0 Å². The third-order valence-electron chi connectivity index (χ3n) is 3.90. The van der Waals surface area contributed by atoms with Crippen LogP contribution in [0.2, 0.25) is 0 Å². The molecule has 1 aliphatic rings. The minimum absolute atomic E-state index is 0.295. The molecule has 3 rings (SSSR count). The molecule has 1 unspecified atom stereocenters. The van der Waals surface area contributed by atoms with E-state index in [0.29, 0.717) is 24.6 Å². The summed E-state index contributed by atoms with van der Waals surface area (Å²) in [6.45, 7) is 2.58. The number of anilines is 1. The van der Waals surface area contributed by atoms with Gasteiger partial charge in [-0.25, -0.2) is 0 Å². The van der Waals surface area contributed by atoms with Gasteiger partial charge in [-0.15, -0.1) is 0 Å². The second kappa shape index (κ2) is 7.25. The Morgan fingerprint density at radius 3 is 2.80 bits per heavy atom. The molecule has 2 aromatic rings. The van der Waals surface area contributed by atoms with Crippen LogP contribution in [0.25, 0.3) is 0 Å². The Hall–Kier alpha value is -3.02. The standard InChI is InChI=1S/C19H19NO5/c1-13-5-4-6-14(11-13)24-10-9-20-15-7-2-3-8-16(15)25-17(19(20)23)12-18(21)22/h2-8,11,17H,9-10,12H2,1H3,(H,21,22). The molecule has 1 atom stereocenters. The summed E-state index contributed by atoms with van der Waals surface area (Å²) in [5.74, 6) is -0.206. The molecule has 0 aliphatic carbocycles. The van der Waals surface area contributed by atoms with Gasteiger partial charge in [0.2, 0.25) is 0 Å². The van der Waals surface area contributed by atoms with Gasteiger partial charge in [0.1, 0.15) is 18.1 Å². The van der Waals surface area contributed by atoms with E-state index in [9.17, 15) is 9.59 Å². The highest BCUT2D eigenvalue weighted by molar-refractivity contribution is 6.01. The smallest absolute Gasteiger partial charge is 0.307 e. The van der Waals surface area contributed by atoms with Gasteiger partial charge in [0.05, 0.1) is 18.7 Å². The van der Waals surface area contributed by atoms with Crippen molar-refractivity contribution in [3.8, 4) is 11.5 Å². The van der Waals surface area contributed by atoms with Gasteiger partial charge >= 0.3 is 5.97 Å². The van der Waals surface area contributed by atoms with Crippen molar-refractivity contribution in [1.82, 2.24) is 0 Å². The van der Waals surface area contributed by atoms with Crippen molar-refractivity contribution in [3.63, 3.8) is 0 Å². The van der Waals surface area contributed by atoms with E-state index >= 15 is 0 Å². The van der Waals surface area contributed by atoms with Crippen LogP contribution in [-0.2, 0) is 9.59 Å². The molecule has 1 aliphatic heterocycles. The number of aliphatic carboxylic acids is 1. The summed E-state index contributed by atoms with van der Waals surface area (Å²) >= 11 is 0. The van der Waals surface area contributed by atoms with Crippen molar-refractivity contribution >= 4 is 17.6 Å². The van der Waals surface area contributed by atoms with Gasteiger partial charge in [0.25, 0.3) is 5.91 Å². The molecule has 0 saturated carbocycles. The largest absolute Gasteiger partial charge is 0.492 e. The second-order valence-corrected chi connectivity index (χ2v) is 5.83. The fraction of sp³-hybridized carbons (Fsp3) is 0.263. The number of hydrogen-bond acceptors (Lipinski definition) is 4. The number of hydrogen-bond donors (Lipinski definition) is 1. The van der Waals surface area contributed by atoms with Crippen LogP contribution in [0.1, 0.15) is 12.0 Å². The summed E-state index contributed by atoms with van der Waals surface area (Å²) in [5.41, 5.74) is 1.72. The van der Waals surface area contributed by atoms with Crippen molar-refractivity contribution in [3.05, 3.63) is 54.1 Å². The van der Waals surface area contributed by atoms with Crippen molar-refractivity contribution in [2.75, 3.05) is 18.1 Å². The lowest BCUT2D eigenvalue weighted by Gasteiger charge is -2.33. The van der Waals surface area contributed by atoms with Crippen molar-refractivity contribution in [1.29, 1.82) is 0 Å². The molecule has 25 heavy (non-hydrogen) atoms. The summed E-state index contributed by atoms with van der Waals surface area (Å²) in [6.07, 6.45) is -1.39. The maximum absolute atomic E-state index is 12.6. The van der Waals surface area contributed by atoms with E-state index in [2.05, 4.69) is 0 Å². The normalized spacial score (nSPS) is 16.1. The van der Waals surface area contributed by atoms with Crippen LogP contribution in [-0.4, -0.2) is 36.2 Å². The first-order valence-electron chi connectivity index (χ1n) is 8.03. The molecular weight excluding hydrogens is 322 g/mol. The topological polar surface area (TPSA) is 76.1 Å². The maximum atomic E-state index is 12.6. The zero-order chi connectivity index (χ0) is 17.8. The van der Waals surface area contributed by atoms with E-state index in [1.165, 1.54) is 4.90 Å². The van der Waals surface area contributed by atoms with Crippen LogP contribution < -0.4 is 14.4 Å². The molecule has 130 valence electrons. The predicted molar refractivity (Wildman–Crippen MR) is 92.1 cm³/mol. The summed E-state index contributed by atoms with van der Waals surface area (Å²) in [4.78, 5) is 25.1. The zero-order valence-electron chi connectivity index (χ0n) is 13.8. The Morgan fingerprint density at radius 2 is 2.04 bits per heavy atom. The molecule has 2 aromatic carbocycles. The Morgan fingerprint density at radius 1 is 1.24 bits per heavy atom. The molecule has 0 radical (unpaired) electrons. The van der Waals surface area contributed by atoms with Crippen molar-refractivity contribution in [2.24, 2.45) is 0 Å². The van der Waals surface area contributed by atoms with Crippen molar-refractivity contribution in [2.45, 2.75) is 19.4 Å². The molecular formula is C19H19NO5. The van der Waals surface area contributed by atoms with E-state index in [1.54, 1.807) is 24.3 Å². The average Bonchev–Trinajstić information content (AvgIpc) is 2.57. The number of rotatable bonds is 6. The SMILES string of the molecule is Cc1cccc(OCCN2C(=O)C(CC(=O)O)Oc3ccccc32)c1. The number of para-hydroxylation sites is 2. The number of nitrogens with zero attached hydrogens (tertiary/aromatic N) is 1. The molecule has 1 amide bonds. The quantitative estimate of drug-likeness (QED) is 0.874. The zero-order valence-corrected chi connectivity index (χ0v) is 13.8. The first-order chi connectivity index (χ1) is 12.0. The maximum Gasteiger partial charge on any atom is 0.307 e. The van der Waals surface area contributed by atoms with Gasteiger partial charge in [-0.1, -0.05) is 24.3 Å². The summed E-state index contributed by atoms with van der Waals surface area (Å²) in [6, 6.07) is 14.8.